The van der Waals surface area contributed by atoms with Crippen molar-refractivity contribution in [3.05, 3.63) is 0 Å². The van der Waals surface area contributed by atoms with E-state index in [0.717, 1.165) is 12.8 Å². The summed E-state index contributed by atoms with van der Waals surface area (Å²) in [5, 5.41) is 0. The van der Waals surface area contributed by atoms with Crippen LogP contribution in [0.5, 0.6) is 0 Å². The molecular formula is C12H24O4. The van der Waals surface area contributed by atoms with Crippen LogP contribution in [0.2, 0.25) is 0 Å². The van der Waals surface area contributed by atoms with Gasteiger partial charge < -0.3 is 18.9 Å². The Bertz CT molecular complexity index is 190. The highest BCUT2D eigenvalue weighted by Gasteiger charge is 2.56. The first-order valence-corrected chi connectivity index (χ1v) is 6.26. The summed E-state index contributed by atoms with van der Waals surface area (Å²) in [6.45, 7) is 10.2. The lowest BCUT2D eigenvalue weighted by atomic mass is 9.92. The maximum atomic E-state index is 5.91. The minimum atomic E-state index is -1.03. The van der Waals surface area contributed by atoms with Crippen LogP contribution in [0.25, 0.3) is 0 Å². The van der Waals surface area contributed by atoms with E-state index in [1.807, 2.05) is 13.8 Å². The molecule has 0 N–H and O–H groups in total. The van der Waals surface area contributed by atoms with Gasteiger partial charge in [0.25, 0.3) is 0 Å². The van der Waals surface area contributed by atoms with Gasteiger partial charge >= 0.3 is 5.97 Å². The van der Waals surface area contributed by atoms with Crippen molar-refractivity contribution in [1.82, 2.24) is 0 Å². The molecule has 1 fully saturated rings. The lowest BCUT2D eigenvalue weighted by molar-refractivity contribution is -0.469. The molecule has 1 rings (SSSR count). The predicted molar refractivity (Wildman–Crippen MR) is 61.2 cm³/mol. The third-order valence-electron chi connectivity index (χ3n) is 3.12. The Kier molecular flexibility index (Phi) is 5.18. The molecule has 4 heteroatoms. The number of hydrogen-bond acceptors (Lipinski definition) is 4. The fourth-order valence-electron chi connectivity index (χ4n) is 2.29. The van der Waals surface area contributed by atoms with Gasteiger partial charge in [0.2, 0.25) is 0 Å². The first kappa shape index (κ1) is 13.9. The largest absolute Gasteiger partial charge is 0.364 e. The molecule has 0 unspecified atom stereocenters. The molecule has 4 nitrogen and oxygen atoms in total. The number of rotatable bonds is 6. The van der Waals surface area contributed by atoms with Crippen molar-refractivity contribution in [2.75, 3.05) is 26.4 Å². The monoisotopic (exact) mass is 232 g/mol. The van der Waals surface area contributed by atoms with E-state index in [1.165, 1.54) is 0 Å². The summed E-state index contributed by atoms with van der Waals surface area (Å²) in [6.07, 6.45) is 1.62. The topological polar surface area (TPSA) is 36.9 Å². The van der Waals surface area contributed by atoms with Crippen molar-refractivity contribution < 1.29 is 18.9 Å². The van der Waals surface area contributed by atoms with Gasteiger partial charge in [-0.3, -0.25) is 0 Å². The Balaban J connectivity index is 2.97. The van der Waals surface area contributed by atoms with Crippen molar-refractivity contribution in [3.63, 3.8) is 0 Å². The maximum absolute atomic E-state index is 5.91. The van der Waals surface area contributed by atoms with Crippen LogP contribution in [-0.4, -0.2) is 38.0 Å². The average Bonchev–Trinajstić information content (AvgIpc) is 2.31. The van der Waals surface area contributed by atoms with E-state index in [-0.39, 0.29) is 0 Å². The van der Waals surface area contributed by atoms with Crippen molar-refractivity contribution in [3.8, 4) is 0 Å². The standard InChI is InChI=1S/C12H24O4/c1-5-11(6-2)12(13-7-3,14-8-4)16-10-9-15-11/h5-10H2,1-4H3. The Hall–Kier alpha value is -0.160. The molecule has 1 heterocycles. The normalized spacial score (nSPS) is 23.2. The molecule has 1 saturated heterocycles. The molecule has 0 saturated carbocycles. The van der Waals surface area contributed by atoms with Gasteiger partial charge in [0.05, 0.1) is 13.2 Å². The maximum Gasteiger partial charge on any atom is 0.313 e. The smallest absolute Gasteiger partial charge is 0.313 e. The minimum absolute atomic E-state index is 0.489. The molecule has 0 amide bonds. The zero-order chi connectivity index (χ0) is 12.1. The summed E-state index contributed by atoms with van der Waals surface area (Å²) in [7, 11) is 0. The fraction of sp³-hybridized carbons (Fsp3) is 1.00. The Morgan fingerprint density at radius 2 is 1.38 bits per heavy atom. The van der Waals surface area contributed by atoms with Crippen molar-refractivity contribution in [2.45, 2.75) is 52.1 Å². The summed E-state index contributed by atoms with van der Waals surface area (Å²) in [5.74, 6) is -1.03. The molecule has 1 aliphatic rings. The first-order valence-electron chi connectivity index (χ1n) is 6.26. The summed E-state index contributed by atoms with van der Waals surface area (Å²) in [5.41, 5.74) is -0.489. The van der Waals surface area contributed by atoms with Crippen LogP contribution in [0.15, 0.2) is 0 Å². The van der Waals surface area contributed by atoms with Crippen LogP contribution in [0.4, 0.5) is 0 Å². The van der Waals surface area contributed by atoms with E-state index in [2.05, 4.69) is 13.8 Å². The minimum Gasteiger partial charge on any atom is -0.364 e. The van der Waals surface area contributed by atoms with Crippen molar-refractivity contribution in [1.29, 1.82) is 0 Å². The van der Waals surface area contributed by atoms with Gasteiger partial charge in [0, 0.05) is 13.2 Å². The fourth-order valence-corrected chi connectivity index (χ4v) is 2.29. The summed E-state index contributed by atoms with van der Waals surface area (Å²) >= 11 is 0. The molecule has 0 bridgehead atoms. The van der Waals surface area contributed by atoms with E-state index in [0.29, 0.717) is 26.4 Å². The molecule has 0 aromatic rings. The molecule has 16 heavy (non-hydrogen) atoms. The van der Waals surface area contributed by atoms with E-state index in [1.54, 1.807) is 0 Å². The summed E-state index contributed by atoms with van der Waals surface area (Å²) < 4.78 is 23.2. The quantitative estimate of drug-likeness (QED) is 0.659. The van der Waals surface area contributed by atoms with Gasteiger partial charge in [0.15, 0.2) is 0 Å². The molecule has 0 atom stereocenters. The van der Waals surface area contributed by atoms with Gasteiger partial charge in [-0.15, -0.1) is 0 Å². The highest BCUT2D eigenvalue weighted by Crippen LogP contribution is 2.40. The SMILES string of the molecule is CCOC1(OCC)OCCOC1(CC)CC. The van der Waals surface area contributed by atoms with Crippen LogP contribution < -0.4 is 0 Å². The van der Waals surface area contributed by atoms with Crippen LogP contribution in [0.1, 0.15) is 40.5 Å². The van der Waals surface area contributed by atoms with E-state index >= 15 is 0 Å². The summed E-state index contributed by atoms with van der Waals surface area (Å²) in [4.78, 5) is 0. The van der Waals surface area contributed by atoms with Gasteiger partial charge in [-0.05, 0) is 26.7 Å². The van der Waals surface area contributed by atoms with Gasteiger partial charge in [0.1, 0.15) is 5.60 Å². The average molecular weight is 232 g/mol. The molecule has 0 aromatic heterocycles. The molecule has 0 radical (unpaired) electrons. The van der Waals surface area contributed by atoms with E-state index < -0.39 is 11.6 Å². The zero-order valence-corrected chi connectivity index (χ0v) is 10.9. The van der Waals surface area contributed by atoms with Crippen LogP contribution >= 0.6 is 0 Å². The second kappa shape index (κ2) is 5.96. The molecule has 0 aromatic carbocycles. The third kappa shape index (κ3) is 2.25. The summed E-state index contributed by atoms with van der Waals surface area (Å²) in [6, 6.07) is 0. The second-order valence-corrected chi connectivity index (χ2v) is 3.82. The molecule has 1 aliphatic heterocycles. The lowest BCUT2D eigenvalue weighted by Crippen LogP contribution is -2.63. The third-order valence-corrected chi connectivity index (χ3v) is 3.12. The lowest BCUT2D eigenvalue weighted by Gasteiger charge is -2.50. The van der Waals surface area contributed by atoms with Gasteiger partial charge in [-0.1, -0.05) is 13.8 Å². The van der Waals surface area contributed by atoms with Crippen molar-refractivity contribution >= 4 is 0 Å². The predicted octanol–water partition coefficient (Wildman–Crippen LogP) is 2.32. The molecule has 0 spiro atoms. The zero-order valence-electron chi connectivity index (χ0n) is 10.9. The number of ether oxygens (including phenoxy) is 4. The van der Waals surface area contributed by atoms with Gasteiger partial charge in [-0.2, -0.15) is 0 Å². The Morgan fingerprint density at radius 1 is 0.875 bits per heavy atom. The highest BCUT2D eigenvalue weighted by atomic mass is 16.9. The second-order valence-electron chi connectivity index (χ2n) is 3.82. The van der Waals surface area contributed by atoms with E-state index in [4.69, 9.17) is 18.9 Å². The van der Waals surface area contributed by atoms with E-state index in [9.17, 15) is 0 Å². The first-order chi connectivity index (χ1) is 7.70. The van der Waals surface area contributed by atoms with Gasteiger partial charge in [-0.25, -0.2) is 0 Å². The van der Waals surface area contributed by atoms with Crippen molar-refractivity contribution in [2.24, 2.45) is 0 Å². The Morgan fingerprint density at radius 3 is 1.81 bits per heavy atom. The molecule has 0 aliphatic carbocycles. The molecule has 96 valence electrons. The van der Waals surface area contributed by atoms with Crippen LogP contribution in [0, 0.1) is 0 Å². The van der Waals surface area contributed by atoms with Crippen LogP contribution in [0.3, 0.4) is 0 Å². The highest BCUT2D eigenvalue weighted by molar-refractivity contribution is 4.91. The Labute approximate surface area is 98.2 Å². The molecular weight excluding hydrogens is 208 g/mol. The number of hydrogen-bond donors (Lipinski definition) is 0. The van der Waals surface area contributed by atoms with Crippen LogP contribution in [-0.2, 0) is 18.9 Å².